The molecule has 0 fully saturated rings. The summed E-state index contributed by atoms with van der Waals surface area (Å²) in [6.07, 6.45) is 4.66. The van der Waals surface area contributed by atoms with Gasteiger partial charge in [-0.1, -0.05) is 6.92 Å². The highest BCUT2D eigenvalue weighted by Crippen LogP contribution is 2.03. The van der Waals surface area contributed by atoms with Crippen LogP contribution in [0.25, 0.3) is 0 Å². The van der Waals surface area contributed by atoms with Gasteiger partial charge in [0.05, 0.1) is 12.5 Å². The van der Waals surface area contributed by atoms with Crippen molar-refractivity contribution in [2.75, 3.05) is 12.5 Å². The van der Waals surface area contributed by atoms with Gasteiger partial charge < -0.3 is 5.11 Å². The molecule has 0 saturated carbocycles. The summed E-state index contributed by atoms with van der Waals surface area (Å²) >= 11 is 0. The van der Waals surface area contributed by atoms with Crippen LogP contribution in [0.5, 0.6) is 0 Å². The Morgan fingerprint density at radius 3 is 2.11 bits per heavy atom. The molecule has 54 valence electrons. The molecule has 3 heteroatoms. The van der Waals surface area contributed by atoms with Crippen LogP contribution in [0.4, 0.5) is 0 Å². The molecule has 0 aliphatic heterocycles. The summed E-state index contributed by atoms with van der Waals surface area (Å²) in [6, 6.07) is 0. The normalized spacial score (nSPS) is 13.8. The summed E-state index contributed by atoms with van der Waals surface area (Å²) in [5, 5.41) is 8.42. The maximum atomic E-state index is 10.4. The van der Waals surface area contributed by atoms with E-state index in [0.717, 1.165) is 6.42 Å². The molecule has 0 heterocycles. The Kier molecular flexibility index (Phi) is 3.70. The fourth-order valence-corrected chi connectivity index (χ4v) is 1.78. The van der Waals surface area contributed by atoms with Crippen molar-refractivity contribution in [1.29, 1.82) is 0 Å². The fraction of sp³-hybridized carbons (Fsp3) is 0.833. The summed E-state index contributed by atoms with van der Waals surface area (Å²) in [4.78, 5) is 10.4. The van der Waals surface area contributed by atoms with Gasteiger partial charge in [-0.3, -0.25) is 0 Å². The average molecular weight is 149 g/mol. The van der Waals surface area contributed by atoms with Gasteiger partial charge in [0.15, 0.2) is 0 Å². The maximum absolute atomic E-state index is 10.4. The van der Waals surface area contributed by atoms with E-state index in [0.29, 0.717) is 0 Å². The lowest BCUT2D eigenvalue weighted by Crippen LogP contribution is -2.27. The Hall–Kier alpha value is -0.180. The number of hydrogen-bond acceptors (Lipinski definition) is 1. The zero-order valence-corrected chi connectivity index (χ0v) is 6.86. The molecule has 0 amide bonds. The fourth-order valence-electron chi connectivity index (χ4n) is 0.710. The van der Waals surface area contributed by atoms with Crippen LogP contribution in [0.2, 0.25) is 0 Å². The predicted molar refractivity (Wildman–Crippen MR) is 40.9 cm³/mol. The highest BCUT2D eigenvalue weighted by atomic mass is 32.2. The van der Waals surface area contributed by atoms with Crippen molar-refractivity contribution in [3.63, 3.8) is 0 Å². The van der Waals surface area contributed by atoms with Gasteiger partial charge in [0.1, 0.15) is 0 Å². The van der Waals surface area contributed by atoms with Crippen molar-refractivity contribution in [3.8, 4) is 0 Å². The first kappa shape index (κ1) is 8.82. The largest absolute Gasteiger partial charge is 0.478 e. The van der Waals surface area contributed by atoms with Gasteiger partial charge in [-0.25, -0.2) is 4.79 Å². The van der Waals surface area contributed by atoms with E-state index in [1.54, 1.807) is 0 Å². The zero-order chi connectivity index (χ0) is 7.44. The minimum Gasteiger partial charge on any atom is -0.478 e. The minimum atomic E-state index is -0.661. The van der Waals surface area contributed by atoms with E-state index in [9.17, 15) is 4.79 Å². The number of aliphatic carboxylic acids is 1. The molecule has 2 nitrogen and oxygen atoms in total. The van der Waals surface area contributed by atoms with Crippen LogP contribution >= 0.6 is 0 Å². The Labute approximate surface area is 58.6 Å². The molecule has 0 aliphatic carbocycles. The molecule has 0 saturated heterocycles. The average Bonchev–Trinajstić information content (AvgIpc) is 1.64. The first-order valence-corrected chi connectivity index (χ1v) is 4.99. The van der Waals surface area contributed by atoms with Gasteiger partial charge in [0.25, 0.3) is 0 Å². The van der Waals surface area contributed by atoms with Crippen molar-refractivity contribution in [2.45, 2.75) is 18.6 Å². The second kappa shape index (κ2) is 3.77. The first-order valence-electron chi connectivity index (χ1n) is 2.88. The van der Waals surface area contributed by atoms with Crippen LogP contribution < -0.4 is 0 Å². The summed E-state index contributed by atoms with van der Waals surface area (Å²) in [5.41, 5.74) is 0. The summed E-state index contributed by atoms with van der Waals surface area (Å²) in [6.45, 7) is 1.91. The molecule has 1 N–H and O–H groups in total. The zero-order valence-electron chi connectivity index (χ0n) is 6.05. The monoisotopic (exact) mass is 149 g/mol. The van der Waals surface area contributed by atoms with Crippen molar-refractivity contribution in [1.82, 2.24) is 0 Å². The quantitative estimate of drug-likeness (QED) is 0.600. The van der Waals surface area contributed by atoms with E-state index in [2.05, 4.69) is 0 Å². The molecular formula is C6H13O2S+. The molecule has 0 rings (SSSR count). The topological polar surface area (TPSA) is 37.3 Å². The van der Waals surface area contributed by atoms with Gasteiger partial charge in [-0.05, 0) is 10.9 Å². The Balaban J connectivity index is 3.83. The molecule has 9 heavy (non-hydrogen) atoms. The van der Waals surface area contributed by atoms with Crippen molar-refractivity contribution in [3.05, 3.63) is 0 Å². The lowest BCUT2D eigenvalue weighted by Gasteiger charge is -2.03. The van der Waals surface area contributed by atoms with Gasteiger partial charge in [0.2, 0.25) is 5.25 Å². The third-order valence-electron chi connectivity index (χ3n) is 1.22. The van der Waals surface area contributed by atoms with Crippen LogP contribution in [-0.4, -0.2) is 28.8 Å². The third kappa shape index (κ3) is 2.75. The predicted octanol–water partition coefficient (Wildman–Crippen LogP) is 0.728. The number of rotatable bonds is 3. The molecule has 1 unspecified atom stereocenters. The van der Waals surface area contributed by atoms with Crippen molar-refractivity contribution < 1.29 is 9.90 Å². The van der Waals surface area contributed by atoms with Gasteiger partial charge in [-0.2, -0.15) is 0 Å². The van der Waals surface area contributed by atoms with Crippen LogP contribution in [0, 0.1) is 0 Å². The minimum absolute atomic E-state index is 0.0170. The highest BCUT2D eigenvalue weighted by molar-refractivity contribution is 7.96. The molecule has 0 aromatic carbocycles. The Morgan fingerprint density at radius 2 is 2.11 bits per heavy atom. The van der Waals surface area contributed by atoms with E-state index < -0.39 is 5.97 Å². The lowest BCUT2D eigenvalue weighted by molar-refractivity contribution is -0.136. The van der Waals surface area contributed by atoms with Gasteiger partial charge >= 0.3 is 5.97 Å². The summed E-state index contributed by atoms with van der Waals surface area (Å²) < 4.78 is 0. The molecule has 0 aromatic rings. The third-order valence-corrected chi connectivity index (χ3v) is 2.89. The van der Waals surface area contributed by atoms with Gasteiger partial charge in [0, 0.05) is 6.42 Å². The van der Waals surface area contributed by atoms with Crippen molar-refractivity contribution >= 4 is 16.9 Å². The van der Waals surface area contributed by atoms with E-state index in [1.165, 1.54) is 0 Å². The SMILES string of the molecule is CCC(C(=O)O)[S+](C)C. The second-order valence-electron chi connectivity index (χ2n) is 2.11. The number of carbonyl (C=O) groups is 1. The van der Waals surface area contributed by atoms with Gasteiger partial charge in [-0.15, -0.1) is 0 Å². The summed E-state index contributed by atoms with van der Waals surface area (Å²) in [7, 11) is 0.0170. The maximum Gasteiger partial charge on any atom is 0.356 e. The number of hydrogen-bond donors (Lipinski definition) is 1. The summed E-state index contributed by atoms with van der Waals surface area (Å²) in [5.74, 6) is -0.661. The smallest absolute Gasteiger partial charge is 0.356 e. The molecule has 0 aromatic heterocycles. The van der Waals surface area contributed by atoms with E-state index in [1.807, 2.05) is 19.4 Å². The standard InChI is InChI=1S/C6H12O2S/c1-4-5(6(7)8)9(2)3/h5H,4H2,1-3H3/p+1. The van der Waals surface area contributed by atoms with Crippen LogP contribution in [0.3, 0.4) is 0 Å². The molecule has 0 aliphatic rings. The van der Waals surface area contributed by atoms with E-state index in [-0.39, 0.29) is 16.1 Å². The van der Waals surface area contributed by atoms with Crippen LogP contribution in [0.15, 0.2) is 0 Å². The Bertz CT molecular complexity index is 101. The van der Waals surface area contributed by atoms with E-state index in [4.69, 9.17) is 5.11 Å². The second-order valence-corrected chi connectivity index (χ2v) is 4.44. The number of carboxylic acids is 1. The van der Waals surface area contributed by atoms with Crippen LogP contribution in [0.1, 0.15) is 13.3 Å². The molecular weight excluding hydrogens is 136 g/mol. The van der Waals surface area contributed by atoms with Crippen LogP contribution in [-0.2, 0) is 15.7 Å². The number of carboxylic acid groups (broad SMARTS) is 1. The molecule has 1 atom stereocenters. The molecule has 0 bridgehead atoms. The van der Waals surface area contributed by atoms with Crippen molar-refractivity contribution in [2.24, 2.45) is 0 Å². The van der Waals surface area contributed by atoms with E-state index >= 15 is 0 Å². The highest BCUT2D eigenvalue weighted by Gasteiger charge is 2.26. The first-order chi connectivity index (χ1) is 4.09. The molecule has 0 spiro atoms. The lowest BCUT2D eigenvalue weighted by atomic mass is 10.3. The Morgan fingerprint density at radius 1 is 1.67 bits per heavy atom. The molecule has 0 radical (unpaired) electrons.